The van der Waals surface area contributed by atoms with E-state index in [9.17, 15) is 8.42 Å². The van der Waals surface area contributed by atoms with E-state index in [1.54, 1.807) is 30.3 Å². The fourth-order valence-corrected chi connectivity index (χ4v) is 2.81. The van der Waals surface area contributed by atoms with Crippen LogP contribution in [0.15, 0.2) is 59.0 Å². The van der Waals surface area contributed by atoms with Crippen molar-refractivity contribution in [2.75, 3.05) is 7.11 Å². The number of hydrogen-bond donors (Lipinski definition) is 0. The molecule has 0 unspecified atom stereocenters. The molecule has 0 saturated heterocycles. The summed E-state index contributed by atoms with van der Waals surface area (Å²) < 4.78 is 34.7. The van der Waals surface area contributed by atoms with E-state index < -0.39 is 10.1 Å². The summed E-state index contributed by atoms with van der Waals surface area (Å²) in [6.45, 7) is 0. The van der Waals surface area contributed by atoms with Crippen LogP contribution in [0.5, 0.6) is 11.5 Å². The Labute approximate surface area is 139 Å². The topological polar surface area (TPSA) is 100 Å². The van der Waals surface area contributed by atoms with Gasteiger partial charge in [-0.1, -0.05) is 24.3 Å². The van der Waals surface area contributed by atoms with Crippen molar-refractivity contribution in [2.45, 2.75) is 4.90 Å². The van der Waals surface area contributed by atoms with Gasteiger partial charge in [-0.05, 0) is 35.9 Å². The van der Waals surface area contributed by atoms with E-state index in [0.717, 1.165) is 0 Å². The molecule has 0 heterocycles. The minimum absolute atomic E-state index is 0.00830. The van der Waals surface area contributed by atoms with Crippen molar-refractivity contribution in [3.8, 4) is 23.6 Å². The zero-order chi connectivity index (χ0) is 17.6. The van der Waals surface area contributed by atoms with Crippen molar-refractivity contribution >= 4 is 16.2 Å². The van der Waals surface area contributed by atoms with Crippen LogP contribution in [-0.2, 0) is 10.1 Å². The Bertz CT molecular complexity index is 936. The Balaban J connectivity index is 2.38. The zero-order valence-electron chi connectivity index (χ0n) is 12.6. The Morgan fingerprint density at radius 3 is 2.29 bits per heavy atom. The lowest BCUT2D eigenvalue weighted by Crippen LogP contribution is -2.10. The second kappa shape index (κ2) is 7.32. The smallest absolute Gasteiger partial charge is 0.339 e. The molecular formula is C17H12N2O4S. The molecule has 0 saturated carbocycles. The molecule has 0 atom stereocenters. The van der Waals surface area contributed by atoms with Gasteiger partial charge in [-0.25, -0.2) is 0 Å². The minimum Gasteiger partial charge on any atom is -0.493 e. The predicted molar refractivity (Wildman–Crippen MR) is 86.5 cm³/mol. The Kier molecular flexibility index (Phi) is 5.20. The number of nitrogens with zero attached hydrogens (tertiary/aromatic N) is 2. The van der Waals surface area contributed by atoms with Crippen molar-refractivity contribution in [1.82, 2.24) is 0 Å². The first-order chi connectivity index (χ1) is 11.5. The molecule has 0 amide bonds. The molecular weight excluding hydrogens is 328 g/mol. The van der Waals surface area contributed by atoms with Crippen LogP contribution in [0.3, 0.4) is 0 Å². The molecule has 2 rings (SSSR count). The fraction of sp³-hybridized carbons (Fsp3) is 0.0588. The standard InChI is InChI=1S/C17H12N2O4S/c1-22-17-10-13(9-14(11-18)12-19)7-8-16(17)23-24(20,21)15-5-3-2-4-6-15/h2-10H,1H3. The lowest BCUT2D eigenvalue weighted by molar-refractivity contribution is 0.390. The number of methoxy groups -OCH3 is 1. The van der Waals surface area contributed by atoms with E-state index in [4.69, 9.17) is 19.4 Å². The van der Waals surface area contributed by atoms with Gasteiger partial charge in [0.1, 0.15) is 22.6 Å². The highest BCUT2D eigenvalue weighted by Gasteiger charge is 2.18. The summed E-state index contributed by atoms with van der Waals surface area (Å²) in [6, 6.07) is 15.6. The second-order valence-corrected chi connectivity index (χ2v) is 6.09. The highest BCUT2D eigenvalue weighted by Crippen LogP contribution is 2.31. The van der Waals surface area contributed by atoms with E-state index in [1.165, 1.54) is 43.5 Å². The molecule has 24 heavy (non-hydrogen) atoms. The molecule has 0 spiro atoms. The maximum atomic E-state index is 12.2. The Hall–Kier alpha value is -3.29. The molecule has 0 aliphatic rings. The van der Waals surface area contributed by atoms with Gasteiger partial charge in [0.05, 0.1) is 7.11 Å². The van der Waals surface area contributed by atoms with E-state index in [-0.39, 0.29) is 22.0 Å². The first-order valence-electron chi connectivity index (χ1n) is 6.69. The summed E-state index contributed by atoms with van der Waals surface area (Å²) in [4.78, 5) is 0.0206. The largest absolute Gasteiger partial charge is 0.493 e. The van der Waals surface area contributed by atoms with E-state index >= 15 is 0 Å². The minimum atomic E-state index is -3.99. The van der Waals surface area contributed by atoms with Crippen molar-refractivity contribution in [1.29, 1.82) is 10.5 Å². The van der Waals surface area contributed by atoms with E-state index in [2.05, 4.69) is 0 Å². The number of benzene rings is 2. The second-order valence-electron chi connectivity index (χ2n) is 4.54. The molecule has 2 aromatic carbocycles. The summed E-state index contributed by atoms with van der Waals surface area (Å²) in [6.07, 6.45) is 1.36. The van der Waals surface area contributed by atoms with Crippen molar-refractivity contribution in [3.63, 3.8) is 0 Å². The number of rotatable bonds is 5. The Morgan fingerprint density at radius 2 is 1.71 bits per heavy atom. The van der Waals surface area contributed by atoms with Gasteiger partial charge in [-0.15, -0.1) is 0 Å². The molecule has 0 aliphatic heterocycles. The van der Waals surface area contributed by atoms with Crippen molar-refractivity contribution in [2.24, 2.45) is 0 Å². The lowest BCUT2D eigenvalue weighted by Gasteiger charge is -2.11. The third-order valence-electron chi connectivity index (χ3n) is 2.97. The van der Waals surface area contributed by atoms with Gasteiger partial charge in [-0.3, -0.25) is 0 Å². The summed E-state index contributed by atoms with van der Waals surface area (Å²) in [5.41, 5.74) is 0.428. The van der Waals surface area contributed by atoms with Crippen LogP contribution in [0.1, 0.15) is 5.56 Å². The van der Waals surface area contributed by atoms with Gasteiger partial charge in [0.25, 0.3) is 0 Å². The third kappa shape index (κ3) is 3.92. The first kappa shape index (κ1) is 17.1. The van der Waals surface area contributed by atoms with Crippen molar-refractivity contribution in [3.05, 3.63) is 59.7 Å². The predicted octanol–water partition coefficient (Wildman–Crippen LogP) is 2.89. The van der Waals surface area contributed by atoms with Crippen LogP contribution in [0.25, 0.3) is 6.08 Å². The van der Waals surface area contributed by atoms with Crippen LogP contribution in [0.2, 0.25) is 0 Å². The van der Waals surface area contributed by atoms with Gasteiger partial charge in [0.2, 0.25) is 0 Å². The van der Waals surface area contributed by atoms with Gasteiger partial charge < -0.3 is 8.92 Å². The summed E-state index contributed by atoms with van der Waals surface area (Å²) in [7, 11) is -2.63. The molecule has 120 valence electrons. The third-order valence-corrected chi connectivity index (χ3v) is 4.22. The van der Waals surface area contributed by atoms with Crippen LogP contribution >= 0.6 is 0 Å². The maximum absolute atomic E-state index is 12.2. The molecule has 0 N–H and O–H groups in total. The number of nitriles is 2. The van der Waals surface area contributed by atoms with E-state index in [0.29, 0.717) is 5.56 Å². The fourth-order valence-electron chi connectivity index (χ4n) is 1.85. The van der Waals surface area contributed by atoms with Gasteiger partial charge >= 0.3 is 10.1 Å². The van der Waals surface area contributed by atoms with Crippen LogP contribution in [0, 0.1) is 22.7 Å². The molecule has 7 heteroatoms. The summed E-state index contributed by atoms with van der Waals surface area (Å²) in [5.74, 6) is 0.174. The zero-order valence-corrected chi connectivity index (χ0v) is 13.4. The normalized spacial score (nSPS) is 10.1. The SMILES string of the molecule is COc1cc(C=C(C#N)C#N)ccc1OS(=O)(=O)c1ccccc1. The number of allylic oxidation sites excluding steroid dienone is 1. The highest BCUT2D eigenvalue weighted by atomic mass is 32.2. The molecule has 6 nitrogen and oxygen atoms in total. The van der Waals surface area contributed by atoms with Gasteiger partial charge in [0, 0.05) is 0 Å². The van der Waals surface area contributed by atoms with Crippen LogP contribution < -0.4 is 8.92 Å². The molecule has 0 fully saturated rings. The monoisotopic (exact) mass is 340 g/mol. The first-order valence-corrected chi connectivity index (χ1v) is 8.10. The molecule has 0 bridgehead atoms. The average molecular weight is 340 g/mol. The molecule has 0 radical (unpaired) electrons. The molecule has 2 aromatic rings. The van der Waals surface area contributed by atoms with E-state index in [1.807, 2.05) is 0 Å². The highest BCUT2D eigenvalue weighted by molar-refractivity contribution is 7.87. The van der Waals surface area contributed by atoms with Crippen molar-refractivity contribution < 1.29 is 17.3 Å². The summed E-state index contributed by atoms with van der Waals surface area (Å²) >= 11 is 0. The quantitative estimate of drug-likeness (QED) is 0.613. The lowest BCUT2D eigenvalue weighted by atomic mass is 10.1. The maximum Gasteiger partial charge on any atom is 0.339 e. The van der Waals surface area contributed by atoms with Crippen LogP contribution in [-0.4, -0.2) is 15.5 Å². The summed E-state index contributed by atoms with van der Waals surface area (Å²) in [5, 5.41) is 17.5. The number of hydrogen-bond acceptors (Lipinski definition) is 6. The number of ether oxygens (including phenoxy) is 1. The van der Waals surface area contributed by atoms with Gasteiger partial charge in [-0.2, -0.15) is 18.9 Å². The average Bonchev–Trinajstić information content (AvgIpc) is 2.61. The molecule has 0 aromatic heterocycles. The molecule has 0 aliphatic carbocycles. The Morgan fingerprint density at radius 1 is 1.04 bits per heavy atom. The van der Waals surface area contributed by atoms with Gasteiger partial charge in [0.15, 0.2) is 11.5 Å². The van der Waals surface area contributed by atoms with Crippen LogP contribution in [0.4, 0.5) is 0 Å².